The zero-order chi connectivity index (χ0) is 17.7. The molecular formula is C17H28O6. The molecule has 1 unspecified atom stereocenters. The van der Waals surface area contributed by atoms with E-state index in [1.807, 2.05) is 6.92 Å². The first kappa shape index (κ1) is 21.3. The SMILES string of the molecule is C=C(C)C(=O)OCCOCCC(C)COCCOC(=O)C(=C)C. The largest absolute Gasteiger partial charge is 0.460 e. The maximum absolute atomic E-state index is 11.1. The highest BCUT2D eigenvalue weighted by atomic mass is 16.6. The monoisotopic (exact) mass is 328 g/mol. The Labute approximate surface area is 138 Å². The van der Waals surface area contributed by atoms with Crippen molar-refractivity contribution in [2.45, 2.75) is 27.2 Å². The average molecular weight is 328 g/mol. The summed E-state index contributed by atoms with van der Waals surface area (Å²) < 4.78 is 20.6. The van der Waals surface area contributed by atoms with Gasteiger partial charge in [0, 0.05) is 24.4 Å². The molecule has 0 aromatic carbocycles. The Morgan fingerprint density at radius 3 is 1.78 bits per heavy atom. The number of rotatable bonds is 13. The molecule has 0 aromatic rings. The van der Waals surface area contributed by atoms with E-state index in [0.29, 0.717) is 43.5 Å². The Bertz CT molecular complexity index is 402. The van der Waals surface area contributed by atoms with Gasteiger partial charge in [0.2, 0.25) is 0 Å². The van der Waals surface area contributed by atoms with Crippen molar-refractivity contribution in [1.82, 2.24) is 0 Å². The second-order valence-corrected chi connectivity index (χ2v) is 5.41. The lowest BCUT2D eigenvalue weighted by molar-refractivity contribution is -0.141. The molecule has 0 saturated heterocycles. The van der Waals surface area contributed by atoms with Gasteiger partial charge in [0.05, 0.1) is 13.2 Å². The van der Waals surface area contributed by atoms with E-state index in [4.69, 9.17) is 18.9 Å². The third kappa shape index (κ3) is 12.6. The lowest BCUT2D eigenvalue weighted by Crippen LogP contribution is -2.15. The van der Waals surface area contributed by atoms with Crippen LogP contribution in [0.1, 0.15) is 27.2 Å². The molecule has 0 bridgehead atoms. The minimum absolute atomic E-state index is 0.225. The number of esters is 2. The van der Waals surface area contributed by atoms with Gasteiger partial charge in [-0.15, -0.1) is 0 Å². The zero-order valence-electron chi connectivity index (χ0n) is 14.4. The van der Waals surface area contributed by atoms with E-state index in [2.05, 4.69) is 13.2 Å². The van der Waals surface area contributed by atoms with Crippen LogP contribution in [-0.2, 0) is 28.5 Å². The summed E-state index contributed by atoms with van der Waals surface area (Å²) >= 11 is 0. The smallest absolute Gasteiger partial charge is 0.333 e. The van der Waals surface area contributed by atoms with E-state index in [0.717, 1.165) is 6.42 Å². The number of hydrogen-bond acceptors (Lipinski definition) is 6. The molecule has 0 heterocycles. The predicted molar refractivity (Wildman–Crippen MR) is 87.0 cm³/mol. The van der Waals surface area contributed by atoms with Crippen molar-refractivity contribution in [3.05, 3.63) is 24.3 Å². The lowest BCUT2D eigenvalue weighted by atomic mass is 10.1. The fourth-order valence-electron chi connectivity index (χ4n) is 1.39. The molecule has 0 aliphatic heterocycles. The molecule has 6 heteroatoms. The minimum Gasteiger partial charge on any atom is -0.460 e. The van der Waals surface area contributed by atoms with Gasteiger partial charge >= 0.3 is 11.9 Å². The van der Waals surface area contributed by atoms with Gasteiger partial charge in [-0.3, -0.25) is 0 Å². The van der Waals surface area contributed by atoms with E-state index < -0.39 is 11.9 Å². The van der Waals surface area contributed by atoms with E-state index in [-0.39, 0.29) is 13.2 Å². The van der Waals surface area contributed by atoms with Crippen molar-refractivity contribution in [1.29, 1.82) is 0 Å². The quantitative estimate of drug-likeness (QED) is 0.293. The third-order valence-electron chi connectivity index (χ3n) is 2.78. The van der Waals surface area contributed by atoms with Crippen LogP contribution in [0.25, 0.3) is 0 Å². The van der Waals surface area contributed by atoms with Gasteiger partial charge < -0.3 is 18.9 Å². The molecule has 0 N–H and O–H groups in total. The predicted octanol–water partition coefficient (Wildman–Crippen LogP) is 2.28. The molecule has 0 aliphatic carbocycles. The Morgan fingerprint density at radius 2 is 1.30 bits per heavy atom. The molecule has 0 saturated carbocycles. The van der Waals surface area contributed by atoms with Gasteiger partial charge in [0.25, 0.3) is 0 Å². The second-order valence-electron chi connectivity index (χ2n) is 5.41. The number of hydrogen-bond donors (Lipinski definition) is 0. The van der Waals surface area contributed by atoms with E-state index in [1.54, 1.807) is 13.8 Å². The second kappa shape index (κ2) is 12.8. The molecule has 23 heavy (non-hydrogen) atoms. The Hall–Kier alpha value is -1.66. The molecule has 0 rings (SSSR count). The first-order valence-corrected chi connectivity index (χ1v) is 7.65. The molecule has 132 valence electrons. The summed E-state index contributed by atoms with van der Waals surface area (Å²) in [5.74, 6) is -0.477. The first-order chi connectivity index (χ1) is 10.8. The first-order valence-electron chi connectivity index (χ1n) is 7.65. The van der Waals surface area contributed by atoms with Crippen molar-refractivity contribution in [2.24, 2.45) is 5.92 Å². The highest BCUT2D eigenvalue weighted by Gasteiger charge is 2.05. The number of carbonyl (C=O) groups excluding carboxylic acids is 2. The summed E-state index contributed by atoms with van der Waals surface area (Å²) in [6, 6.07) is 0. The van der Waals surface area contributed by atoms with Crippen LogP contribution in [-0.4, -0.2) is 51.6 Å². The summed E-state index contributed by atoms with van der Waals surface area (Å²) in [6.45, 7) is 14.6. The number of ether oxygens (including phenoxy) is 4. The number of carbonyl (C=O) groups is 2. The van der Waals surface area contributed by atoms with Crippen molar-refractivity contribution in [2.75, 3.05) is 39.6 Å². The Kier molecular flexibility index (Phi) is 11.9. The van der Waals surface area contributed by atoms with Gasteiger partial charge in [0.15, 0.2) is 0 Å². The third-order valence-corrected chi connectivity index (χ3v) is 2.78. The van der Waals surface area contributed by atoms with Crippen LogP contribution in [0.15, 0.2) is 24.3 Å². The van der Waals surface area contributed by atoms with Gasteiger partial charge in [-0.2, -0.15) is 0 Å². The minimum atomic E-state index is -0.401. The van der Waals surface area contributed by atoms with Crippen LogP contribution < -0.4 is 0 Å². The molecule has 0 aliphatic rings. The fourth-order valence-corrected chi connectivity index (χ4v) is 1.39. The molecule has 0 fully saturated rings. The van der Waals surface area contributed by atoms with Crippen LogP contribution >= 0.6 is 0 Å². The van der Waals surface area contributed by atoms with Crippen molar-refractivity contribution >= 4 is 11.9 Å². The molecule has 1 atom stereocenters. The van der Waals surface area contributed by atoms with Gasteiger partial charge in [-0.1, -0.05) is 20.1 Å². The van der Waals surface area contributed by atoms with Crippen molar-refractivity contribution in [3.63, 3.8) is 0 Å². The highest BCUT2D eigenvalue weighted by molar-refractivity contribution is 5.87. The standard InChI is InChI=1S/C17H28O6/c1-13(2)16(18)22-10-8-20-7-6-15(5)12-21-9-11-23-17(19)14(3)4/h15H,1,3,6-12H2,2,4-5H3. The summed E-state index contributed by atoms with van der Waals surface area (Å²) in [6.07, 6.45) is 0.833. The van der Waals surface area contributed by atoms with Gasteiger partial charge in [-0.25, -0.2) is 9.59 Å². The van der Waals surface area contributed by atoms with Crippen LogP contribution in [0, 0.1) is 5.92 Å². The van der Waals surface area contributed by atoms with E-state index >= 15 is 0 Å². The summed E-state index contributed by atoms with van der Waals surface area (Å²) in [5.41, 5.74) is 0.758. The topological polar surface area (TPSA) is 71.1 Å². The van der Waals surface area contributed by atoms with Crippen molar-refractivity contribution < 1.29 is 28.5 Å². The highest BCUT2D eigenvalue weighted by Crippen LogP contribution is 2.03. The maximum Gasteiger partial charge on any atom is 0.333 e. The van der Waals surface area contributed by atoms with Crippen LogP contribution in [0.3, 0.4) is 0 Å². The summed E-state index contributed by atoms with van der Waals surface area (Å²) in [4.78, 5) is 22.2. The molecule has 0 radical (unpaired) electrons. The molecule has 0 spiro atoms. The normalized spacial score (nSPS) is 11.6. The fraction of sp³-hybridized carbons (Fsp3) is 0.647. The van der Waals surface area contributed by atoms with Crippen LogP contribution in [0.2, 0.25) is 0 Å². The van der Waals surface area contributed by atoms with Crippen LogP contribution in [0.4, 0.5) is 0 Å². The van der Waals surface area contributed by atoms with Crippen molar-refractivity contribution in [3.8, 4) is 0 Å². The van der Waals surface area contributed by atoms with Gasteiger partial charge in [-0.05, 0) is 26.2 Å². The van der Waals surface area contributed by atoms with Crippen LogP contribution in [0.5, 0.6) is 0 Å². The zero-order valence-corrected chi connectivity index (χ0v) is 14.4. The van der Waals surface area contributed by atoms with E-state index in [1.165, 1.54) is 0 Å². The lowest BCUT2D eigenvalue weighted by Gasteiger charge is -2.12. The molecule has 6 nitrogen and oxygen atoms in total. The molecular weight excluding hydrogens is 300 g/mol. The molecule has 0 aromatic heterocycles. The van der Waals surface area contributed by atoms with Gasteiger partial charge in [0.1, 0.15) is 13.2 Å². The average Bonchev–Trinajstić information content (AvgIpc) is 2.49. The summed E-state index contributed by atoms with van der Waals surface area (Å²) in [5, 5.41) is 0. The van der Waals surface area contributed by atoms with E-state index in [9.17, 15) is 9.59 Å². The maximum atomic E-state index is 11.1. The Morgan fingerprint density at radius 1 is 0.826 bits per heavy atom. The Balaban J connectivity index is 3.42. The molecule has 0 amide bonds. The summed E-state index contributed by atoms with van der Waals surface area (Å²) in [7, 11) is 0.